The van der Waals surface area contributed by atoms with E-state index in [1.54, 1.807) is 0 Å². The van der Waals surface area contributed by atoms with Crippen LogP contribution in [0.2, 0.25) is 0 Å². The van der Waals surface area contributed by atoms with Crippen LogP contribution in [0, 0.1) is 23.2 Å². The number of carbonyl (C=O) groups is 1. The minimum Gasteiger partial charge on any atom is -0.481 e. The van der Waals surface area contributed by atoms with Crippen LogP contribution >= 0.6 is 0 Å². The highest BCUT2D eigenvalue weighted by molar-refractivity contribution is 5.74. The first-order valence-corrected chi connectivity index (χ1v) is 4.94. The summed E-state index contributed by atoms with van der Waals surface area (Å²) in [7, 11) is 0. The smallest absolute Gasteiger partial charge is 0.309 e. The first-order chi connectivity index (χ1) is 5.71. The molecule has 0 atom stereocenters. The van der Waals surface area contributed by atoms with E-state index in [4.69, 9.17) is 5.11 Å². The Hall–Kier alpha value is -0.530. The van der Waals surface area contributed by atoms with Crippen LogP contribution in [-0.4, -0.2) is 11.1 Å². The lowest BCUT2D eigenvalue weighted by atomic mass is 9.67. The molecule has 0 aliphatic carbocycles. The highest BCUT2D eigenvalue weighted by Crippen LogP contribution is 2.38. The Morgan fingerprint density at radius 1 is 1.08 bits per heavy atom. The van der Waals surface area contributed by atoms with Gasteiger partial charge in [0.25, 0.3) is 0 Å². The predicted octanol–water partition coefficient (Wildman–Crippen LogP) is 3.03. The van der Waals surface area contributed by atoms with Gasteiger partial charge in [-0.25, -0.2) is 0 Å². The van der Waals surface area contributed by atoms with Crippen molar-refractivity contribution in [1.82, 2.24) is 0 Å². The Labute approximate surface area is 81.3 Å². The van der Waals surface area contributed by atoms with Crippen LogP contribution in [0.5, 0.6) is 0 Å². The van der Waals surface area contributed by atoms with Crippen LogP contribution in [0.1, 0.15) is 41.5 Å². The number of rotatable bonds is 4. The monoisotopic (exact) mass is 186 g/mol. The normalized spacial score (nSPS) is 13.0. The molecule has 0 radical (unpaired) electrons. The van der Waals surface area contributed by atoms with Gasteiger partial charge in [-0.1, -0.05) is 27.7 Å². The zero-order chi connectivity index (χ0) is 10.8. The molecule has 0 aromatic rings. The molecule has 0 aromatic carbocycles. The van der Waals surface area contributed by atoms with E-state index in [0.29, 0.717) is 11.8 Å². The fourth-order valence-electron chi connectivity index (χ4n) is 2.58. The Morgan fingerprint density at radius 2 is 1.38 bits per heavy atom. The van der Waals surface area contributed by atoms with Gasteiger partial charge in [0.15, 0.2) is 0 Å². The van der Waals surface area contributed by atoms with E-state index >= 15 is 0 Å². The Bertz CT molecular complexity index is 173. The molecule has 0 heterocycles. The van der Waals surface area contributed by atoms with Crippen molar-refractivity contribution in [2.75, 3.05) is 0 Å². The molecule has 0 fully saturated rings. The van der Waals surface area contributed by atoms with Crippen molar-refractivity contribution in [2.24, 2.45) is 23.2 Å². The molecule has 2 heteroatoms. The third kappa shape index (κ3) is 2.71. The second-order valence-corrected chi connectivity index (χ2v) is 5.04. The lowest BCUT2D eigenvalue weighted by molar-refractivity contribution is -0.152. The van der Waals surface area contributed by atoms with Crippen LogP contribution < -0.4 is 0 Å². The maximum atomic E-state index is 11.1. The molecule has 13 heavy (non-hydrogen) atoms. The molecule has 0 spiro atoms. The van der Waals surface area contributed by atoms with Gasteiger partial charge in [0, 0.05) is 0 Å². The van der Waals surface area contributed by atoms with Crippen LogP contribution in [-0.2, 0) is 4.79 Å². The lowest BCUT2D eigenvalue weighted by Crippen LogP contribution is -2.38. The fourth-order valence-corrected chi connectivity index (χ4v) is 2.58. The van der Waals surface area contributed by atoms with E-state index in [9.17, 15) is 4.79 Å². The number of aliphatic carboxylic acids is 1. The number of carboxylic acids is 1. The zero-order valence-electron chi connectivity index (χ0n) is 9.59. The van der Waals surface area contributed by atoms with Gasteiger partial charge in [-0.15, -0.1) is 0 Å². The molecule has 0 saturated heterocycles. The van der Waals surface area contributed by atoms with Gasteiger partial charge in [0.2, 0.25) is 0 Å². The topological polar surface area (TPSA) is 37.3 Å². The molecule has 0 aromatic heterocycles. The van der Waals surface area contributed by atoms with Crippen molar-refractivity contribution >= 4 is 5.97 Å². The van der Waals surface area contributed by atoms with E-state index in [1.165, 1.54) is 0 Å². The van der Waals surface area contributed by atoms with E-state index in [1.807, 2.05) is 13.8 Å². The van der Waals surface area contributed by atoms with E-state index in [-0.39, 0.29) is 5.92 Å². The summed E-state index contributed by atoms with van der Waals surface area (Å²) in [5, 5.41) is 9.11. The first-order valence-electron chi connectivity index (χ1n) is 4.94. The SMILES string of the molecule is CC(C)C(C(C)C)C(C)(C)C(=O)O. The second-order valence-electron chi connectivity index (χ2n) is 5.04. The molecule has 2 nitrogen and oxygen atoms in total. The van der Waals surface area contributed by atoms with Gasteiger partial charge >= 0.3 is 5.97 Å². The molecule has 0 amide bonds. The molecule has 0 aliphatic heterocycles. The number of carboxylic acid groups (broad SMARTS) is 1. The number of hydrogen-bond donors (Lipinski definition) is 1. The fraction of sp³-hybridized carbons (Fsp3) is 0.909. The van der Waals surface area contributed by atoms with Gasteiger partial charge in [-0.3, -0.25) is 4.79 Å². The summed E-state index contributed by atoms with van der Waals surface area (Å²) in [6, 6.07) is 0. The van der Waals surface area contributed by atoms with E-state index in [0.717, 1.165) is 0 Å². The second kappa shape index (κ2) is 4.12. The van der Waals surface area contributed by atoms with Crippen LogP contribution in [0.25, 0.3) is 0 Å². The zero-order valence-corrected chi connectivity index (χ0v) is 9.59. The summed E-state index contributed by atoms with van der Waals surface area (Å²) in [5.74, 6) is 0.349. The molecular formula is C11H22O2. The Morgan fingerprint density at radius 3 is 1.46 bits per heavy atom. The van der Waals surface area contributed by atoms with Crippen molar-refractivity contribution in [1.29, 1.82) is 0 Å². The summed E-state index contributed by atoms with van der Waals surface area (Å²) < 4.78 is 0. The van der Waals surface area contributed by atoms with E-state index in [2.05, 4.69) is 27.7 Å². The Balaban J connectivity index is 4.83. The summed E-state index contributed by atoms with van der Waals surface area (Å²) in [4.78, 5) is 11.1. The average molecular weight is 186 g/mol. The van der Waals surface area contributed by atoms with Gasteiger partial charge in [-0.2, -0.15) is 0 Å². The molecule has 1 N–H and O–H groups in total. The molecular weight excluding hydrogens is 164 g/mol. The van der Waals surface area contributed by atoms with Gasteiger partial charge in [0.1, 0.15) is 0 Å². The van der Waals surface area contributed by atoms with Crippen molar-refractivity contribution in [3.63, 3.8) is 0 Å². The lowest BCUT2D eigenvalue weighted by Gasteiger charge is -2.36. The minimum absolute atomic E-state index is 0.227. The largest absolute Gasteiger partial charge is 0.481 e. The van der Waals surface area contributed by atoms with Crippen LogP contribution in [0.4, 0.5) is 0 Å². The molecule has 0 saturated carbocycles. The van der Waals surface area contributed by atoms with E-state index < -0.39 is 11.4 Å². The first kappa shape index (κ1) is 12.5. The molecule has 78 valence electrons. The molecule has 0 rings (SSSR count). The summed E-state index contributed by atoms with van der Waals surface area (Å²) in [6.07, 6.45) is 0. The highest BCUT2D eigenvalue weighted by Gasteiger charge is 2.39. The van der Waals surface area contributed by atoms with Crippen molar-refractivity contribution in [3.8, 4) is 0 Å². The highest BCUT2D eigenvalue weighted by atomic mass is 16.4. The van der Waals surface area contributed by atoms with Crippen molar-refractivity contribution in [2.45, 2.75) is 41.5 Å². The molecule has 0 aliphatic rings. The average Bonchev–Trinajstić information content (AvgIpc) is 1.82. The molecule has 0 unspecified atom stereocenters. The molecule has 0 bridgehead atoms. The quantitative estimate of drug-likeness (QED) is 0.732. The third-order valence-electron chi connectivity index (χ3n) is 2.82. The van der Waals surface area contributed by atoms with Crippen molar-refractivity contribution in [3.05, 3.63) is 0 Å². The van der Waals surface area contributed by atoms with Gasteiger partial charge in [0.05, 0.1) is 5.41 Å². The summed E-state index contributed by atoms with van der Waals surface area (Å²) in [6.45, 7) is 12.0. The maximum Gasteiger partial charge on any atom is 0.309 e. The predicted molar refractivity (Wildman–Crippen MR) is 54.6 cm³/mol. The standard InChI is InChI=1S/C11H22O2/c1-7(2)9(8(3)4)11(5,6)10(12)13/h7-9H,1-6H3,(H,12,13). The van der Waals surface area contributed by atoms with Crippen LogP contribution in [0.3, 0.4) is 0 Å². The Kier molecular flexibility index (Phi) is 3.95. The third-order valence-corrected chi connectivity index (χ3v) is 2.82. The number of hydrogen-bond acceptors (Lipinski definition) is 1. The summed E-state index contributed by atoms with van der Waals surface area (Å²) in [5.41, 5.74) is -0.623. The van der Waals surface area contributed by atoms with Gasteiger partial charge < -0.3 is 5.11 Å². The maximum absolute atomic E-state index is 11.1. The van der Waals surface area contributed by atoms with Crippen LogP contribution in [0.15, 0.2) is 0 Å². The minimum atomic E-state index is -0.695. The summed E-state index contributed by atoms with van der Waals surface area (Å²) >= 11 is 0. The van der Waals surface area contributed by atoms with Gasteiger partial charge in [-0.05, 0) is 31.6 Å². The van der Waals surface area contributed by atoms with Crippen molar-refractivity contribution < 1.29 is 9.90 Å².